The van der Waals surface area contributed by atoms with Gasteiger partial charge in [0.15, 0.2) is 12.2 Å². The van der Waals surface area contributed by atoms with E-state index in [1.54, 1.807) is 0 Å². The lowest BCUT2D eigenvalue weighted by molar-refractivity contribution is -0.234. The molecule has 2 unspecified atom stereocenters. The molecular formula is C18H18F3N5O4. The lowest BCUT2D eigenvalue weighted by Crippen LogP contribution is -2.57. The van der Waals surface area contributed by atoms with Crippen molar-refractivity contribution in [2.75, 3.05) is 31.1 Å². The van der Waals surface area contributed by atoms with E-state index in [1.807, 2.05) is 6.07 Å². The SMILES string of the molecule is N#Cc1ccc(N2CC(C(=O)NC[C@H](O)CO)OC(C(F)(F)F)C2)c2nccnc12. The fourth-order valence-electron chi connectivity index (χ4n) is 3.07. The quantitative estimate of drug-likeness (QED) is 0.615. The summed E-state index contributed by atoms with van der Waals surface area (Å²) in [6, 6.07) is 4.84. The topological polar surface area (TPSA) is 132 Å². The third kappa shape index (κ3) is 4.59. The smallest absolute Gasteiger partial charge is 0.394 e. The van der Waals surface area contributed by atoms with Crippen LogP contribution in [0.5, 0.6) is 0 Å². The molecule has 1 aromatic carbocycles. The molecule has 0 radical (unpaired) electrons. The van der Waals surface area contributed by atoms with E-state index in [0.29, 0.717) is 0 Å². The predicted octanol–water partition coefficient (Wildman–Crippen LogP) is 0.107. The first-order valence-corrected chi connectivity index (χ1v) is 8.92. The number of fused-ring (bicyclic) bond motifs is 1. The van der Waals surface area contributed by atoms with Gasteiger partial charge in [0.2, 0.25) is 0 Å². The number of rotatable bonds is 5. The number of aromatic nitrogens is 2. The van der Waals surface area contributed by atoms with Crippen LogP contribution in [0.3, 0.4) is 0 Å². The van der Waals surface area contributed by atoms with Gasteiger partial charge < -0.3 is 25.2 Å². The van der Waals surface area contributed by atoms with Crippen molar-refractivity contribution in [2.45, 2.75) is 24.5 Å². The minimum absolute atomic E-state index is 0.217. The number of aliphatic hydroxyl groups excluding tert-OH is 2. The Balaban J connectivity index is 1.93. The number of hydrogen-bond acceptors (Lipinski definition) is 8. The average Bonchev–Trinajstić information content (AvgIpc) is 2.75. The summed E-state index contributed by atoms with van der Waals surface area (Å²) in [5.41, 5.74) is 0.964. The van der Waals surface area contributed by atoms with Gasteiger partial charge in [0.1, 0.15) is 17.1 Å². The highest BCUT2D eigenvalue weighted by Crippen LogP contribution is 2.33. The van der Waals surface area contributed by atoms with E-state index in [9.17, 15) is 28.3 Å². The summed E-state index contributed by atoms with van der Waals surface area (Å²) in [4.78, 5) is 21.9. The summed E-state index contributed by atoms with van der Waals surface area (Å²) in [6.45, 7) is -1.74. The van der Waals surface area contributed by atoms with Crippen LogP contribution in [-0.2, 0) is 9.53 Å². The highest BCUT2D eigenvalue weighted by molar-refractivity contribution is 5.92. The molecule has 1 amide bonds. The van der Waals surface area contributed by atoms with E-state index in [1.165, 1.54) is 29.4 Å². The molecule has 1 saturated heterocycles. The van der Waals surface area contributed by atoms with Gasteiger partial charge in [-0.25, -0.2) is 0 Å². The standard InChI is InChI=1S/C18H18F3N5O4/c19-18(20,21)14-8-26(7-13(30-14)17(29)25-6-11(28)9-27)12-2-1-10(5-22)15-16(12)24-4-3-23-15/h1-4,11,13-14,27-28H,6-9H2,(H,25,29)/t11-,13?,14?/m0/s1. The highest BCUT2D eigenvalue weighted by Gasteiger charge is 2.47. The second kappa shape index (κ2) is 8.78. The molecule has 2 heterocycles. The Morgan fingerprint density at radius 2 is 2.03 bits per heavy atom. The average molecular weight is 425 g/mol. The number of carbonyl (C=O) groups is 1. The van der Waals surface area contributed by atoms with Gasteiger partial charge in [-0.05, 0) is 12.1 Å². The Bertz CT molecular complexity index is 965. The van der Waals surface area contributed by atoms with Crippen molar-refractivity contribution < 1.29 is 32.9 Å². The number of amides is 1. The van der Waals surface area contributed by atoms with Gasteiger partial charge in [0, 0.05) is 18.9 Å². The lowest BCUT2D eigenvalue weighted by atomic mass is 10.1. The molecule has 0 bridgehead atoms. The van der Waals surface area contributed by atoms with Crippen molar-refractivity contribution in [3.8, 4) is 6.07 Å². The van der Waals surface area contributed by atoms with E-state index >= 15 is 0 Å². The molecule has 3 N–H and O–H groups in total. The Hall–Kier alpha value is -3.01. The number of morpholine rings is 1. The van der Waals surface area contributed by atoms with Gasteiger partial charge in [-0.2, -0.15) is 18.4 Å². The first kappa shape index (κ1) is 21.7. The zero-order valence-electron chi connectivity index (χ0n) is 15.5. The van der Waals surface area contributed by atoms with Crippen LogP contribution >= 0.6 is 0 Å². The number of anilines is 1. The zero-order chi connectivity index (χ0) is 21.9. The number of nitriles is 1. The highest BCUT2D eigenvalue weighted by atomic mass is 19.4. The molecule has 30 heavy (non-hydrogen) atoms. The number of benzene rings is 1. The van der Waals surface area contributed by atoms with Gasteiger partial charge >= 0.3 is 6.18 Å². The van der Waals surface area contributed by atoms with Crippen molar-refractivity contribution in [3.05, 3.63) is 30.1 Å². The molecule has 9 nitrogen and oxygen atoms in total. The fraction of sp³-hybridized carbons (Fsp3) is 0.444. The van der Waals surface area contributed by atoms with E-state index in [0.717, 1.165) is 0 Å². The first-order chi connectivity index (χ1) is 14.2. The van der Waals surface area contributed by atoms with Gasteiger partial charge in [0.25, 0.3) is 5.91 Å². The third-order valence-electron chi connectivity index (χ3n) is 4.55. The minimum atomic E-state index is -4.73. The second-order valence-electron chi connectivity index (χ2n) is 6.64. The normalized spacial score (nSPS) is 20.6. The monoisotopic (exact) mass is 425 g/mol. The summed E-state index contributed by atoms with van der Waals surface area (Å²) in [5, 5.41) is 29.7. The lowest BCUT2D eigenvalue weighted by Gasteiger charge is -2.39. The van der Waals surface area contributed by atoms with E-state index in [2.05, 4.69) is 15.3 Å². The molecule has 1 aliphatic heterocycles. The first-order valence-electron chi connectivity index (χ1n) is 8.92. The molecule has 1 fully saturated rings. The molecule has 1 aromatic heterocycles. The van der Waals surface area contributed by atoms with Crippen LogP contribution in [0, 0.1) is 11.3 Å². The van der Waals surface area contributed by atoms with Gasteiger partial charge in [-0.3, -0.25) is 14.8 Å². The maximum Gasteiger partial charge on any atom is 0.416 e. The fourth-order valence-corrected chi connectivity index (χ4v) is 3.07. The van der Waals surface area contributed by atoms with Gasteiger partial charge in [-0.15, -0.1) is 0 Å². The Kier molecular flexibility index (Phi) is 6.35. The largest absolute Gasteiger partial charge is 0.416 e. The maximum absolute atomic E-state index is 13.4. The van der Waals surface area contributed by atoms with Gasteiger partial charge in [-0.1, -0.05) is 0 Å². The molecular weight excluding hydrogens is 407 g/mol. The molecule has 1 aliphatic rings. The van der Waals surface area contributed by atoms with Crippen molar-refractivity contribution in [3.63, 3.8) is 0 Å². The van der Waals surface area contributed by atoms with Crippen LogP contribution in [-0.4, -0.2) is 76.8 Å². The Labute approximate surface area is 168 Å². The van der Waals surface area contributed by atoms with E-state index in [4.69, 9.17) is 9.84 Å². The molecule has 3 rings (SSSR count). The van der Waals surface area contributed by atoms with E-state index in [-0.39, 0.29) is 35.4 Å². The number of halogens is 3. The van der Waals surface area contributed by atoms with E-state index < -0.39 is 43.5 Å². The van der Waals surface area contributed by atoms with Crippen LogP contribution in [0.1, 0.15) is 5.56 Å². The number of aliphatic hydroxyl groups is 2. The summed E-state index contributed by atoms with van der Waals surface area (Å²) in [5.74, 6) is -0.856. The van der Waals surface area contributed by atoms with Crippen molar-refractivity contribution in [1.82, 2.24) is 15.3 Å². The van der Waals surface area contributed by atoms with Crippen LogP contribution in [0.15, 0.2) is 24.5 Å². The van der Waals surface area contributed by atoms with Crippen molar-refractivity contribution in [2.24, 2.45) is 0 Å². The number of ether oxygens (including phenoxy) is 1. The molecule has 0 aliphatic carbocycles. The maximum atomic E-state index is 13.4. The molecule has 12 heteroatoms. The Morgan fingerprint density at radius 3 is 2.67 bits per heavy atom. The number of carbonyl (C=O) groups excluding carboxylic acids is 1. The summed E-state index contributed by atoms with van der Waals surface area (Å²) < 4.78 is 45.3. The van der Waals surface area contributed by atoms with Crippen molar-refractivity contribution >= 4 is 22.6 Å². The summed E-state index contributed by atoms with van der Waals surface area (Å²) >= 11 is 0. The molecule has 0 saturated carbocycles. The van der Waals surface area contributed by atoms with Crippen LogP contribution in [0.4, 0.5) is 18.9 Å². The van der Waals surface area contributed by atoms with Crippen LogP contribution < -0.4 is 10.2 Å². The van der Waals surface area contributed by atoms with Crippen LogP contribution in [0.25, 0.3) is 11.0 Å². The summed E-state index contributed by atoms with van der Waals surface area (Å²) in [6.07, 6.45) is -6.98. The number of nitrogens with one attached hydrogen (secondary N) is 1. The molecule has 3 atom stereocenters. The molecule has 2 aromatic rings. The van der Waals surface area contributed by atoms with Crippen LogP contribution in [0.2, 0.25) is 0 Å². The Morgan fingerprint density at radius 1 is 1.33 bits per heavy atom. The third-order valence-corrected chi connectivity index (χ3v) is 4.55. The molecule has 160 valence electrons. The number of hydrogen-bond donors (Lipinski definition) is 3. The predicted molar refractivity (Wildman–Crippen MR) is 97.3 cm³/mol. The van der Waals surface area contributed by atoms with Crippen molar-refractivity contribution in [1.29, 1.82) is 5.26 Å². The summed E-state index contributed by atoms with van der Waals surface area (Å²) in [7, 11) is 0. The minimum Gasteiger partial charge on any atom is -0.394 e. The molecule has 0 spiro atoms. The zero-order valence-corrected chi connectivity index (χ0v) is 15.5. The second-order valence-corrected chi connectivity index (χ2v) is 6.64. The number of nitrogens with zero attached hydrogens (tertiary/aromatic N) is 4. The number of alkyl halides is 3. The van der Waals surface area contributed by atoms with Gasteiger partial charge in [0.05, 0.1) is 37.1 Å².